The molecule has 0 aliphatic heterocycles. The Kier molecular flexibility index (Phi) is 4.35. The van der Waals surface area contributed by atoms with E-state index in [0.29, 0.717) is 11.1 Å². The molecule has 0 spiro atoms. The van der Waals surface area contributed by atoms with Gasteiger partial charge in [-0.05, 0) is 35.2 Å². The molecule has 0 aromatic heterocycles. The van der Waals surface area contributed by atoms with E-state index >= 15 is 0 Å². The third-order valence-electron chi connectivity index (χ3n) is 4.14. The summed E-state index contributed by atoms with van der Waals surface area (Å²) in [6, 6.07) is 20.0. The second-order valence-electron chi connectivity index (χ2n) is 5.73. The van der Waals surface area contributed by atoms with E-state index in [1.807, 2.05) is 42.5 Å². The number of carboxylic acids is 2. The Bertz CT molecular complexity index is 942. The summed E-state index contributed by atoms with van der Waals surface area (Å²) >= 11 is 0. The van der Waals surface area contributed by atoms with Gasteiger partial charge in [-0.1, -0.05) is 60.7 Å². The van der Waals surface area contributed by atoms with Crippen molar-refractivity contribution < 1.29 is 19.8 Å². The molecule has 0 aliphatic carbocycles. The first-order valence-electron chi connectivity index (χ1n) is 7.75. The number of hydrogen-bond acceptors (Lipinski definition) is 2. The van der Waals surface area contributed by atoms with Crippen LogP contribution in [-0.2, 0) is 0 Å². The average Bonchev–Trinajstić information content (AvgIpc) is 2.61. The maximum atomic E-state index is 11.7. The fourth-order valence-electron chi connectivity index (χ4n) is 2.92. The Balaban J connectivity index is 2.17. The predicted octanol–water partition coefficient (Wildman–Crippen LogP) is 4.73. The Morgan fingerprint density at radius 2 is 1.24 bits per heavy atom. The summed E-state index contributed by atoms with van der Waals surface area (Å²) in [5, 5.41) is 19.0. The van der Waals surface area contributed by atoms with Gasteiger partial charge in [0.1, 0.15) is 0 Å². The summed E-state index contributed by atoms with van der Waals surface area (Å²) in [4.78, 5) is 23.3. The highest BCUT2D eigenvalue weighted by atomic mass is 16.4. The lowest BCUT2D eigenvalue weighted by Crippen LogP contribution is -2.09. The van der Waals surface area contributed by atoms with Crippen LogP contribution in [0.25, 0.3) is 22.3 Å². The topological polar surface area (TPSA) is 74.6 Å². The smallest absolute Gasteiger partial charge is 0.336 e. The number of rotatable bonds is 4. The Morgan fingerprint density at radius 3 is 1.80 bits per heavy atom. The third-order valence-corrected chi connectivity index (χ3v) is 4.14. The highest BCUT2D eigenvalue weighted by molar-refractivity contribution is 6.06. The van der Waals surface area contributed by atoms with Crippen molar-refractivity contribution in [3.05, 3.63) is 83.4 Å². The zero-order valence-corrected chi connectivity index (χ0v) is 13.6. The second kappa shape index (κ2) is 6.61. The fraction of sp³-hybridized carbons (Fsp3) is 0.0476. The van der Waals surface area contributed by atoms with Crippen LogP contribution < -0.4 is 0 Å². The van der Waals surface area contributed by atoms with Crippen molar-refractivity contribution in [1.82, 2.24) is 0 Å². The highest BCUT2D eigenvalue weighted by Crippen LogP contribution is 2.32. The summed E-state index contributed by atoms with van der Waals surface area (Å²) in [5.41, 5.74) is 3.35. The Hall–Kier alpha value is -3.40. The summed E-state index contributed by atoms with van der Waals surface area (Å²) in [7, 11) is 0. The van der Waals surface area contributed by atoms with Crippen molar-refractivity contribution in [1.29, 1.82) is 0 Å². The number of aromatic carboxylic acids is 2. The molecule has 0 bridgehead atoms. The molecule has 3 aromatic rings. The van der Waals surface area contributed by atoms with Gasteiger partial charge in [0, 0.05) is 5.56 Å². The largest absolute Gasteiger partial charge is 0.478 e. The monoisotopic (exact) mass is 332 g/mol. The van der Waals surface area contributed by atoms with Crippen LogP contribution in [0.5, 0.6) is 0 Å². The maximum absolute atomic E-state index is 11.7. The third kappa shape index (κ3) is 3.15. The van der Waals surface area contributed by atoms with Gasteiger partial charge in [0.15, 0.2) is 0 Å². The lowest BCUT2D eigenvalue weighted by molar-refractivity contribution is 0.0695. The number of benzene rings is 3. The zero-order chi connectivity index (χ0) is 18.0. The van der Waals surface area contributed by atoms with Gasteiger partial charge >= 0.3 is 11.9 Å². The predicted molar refractivity (Wildman–Crippen MR) is 96.0 cm³/mol. The Labute approximate surface area is 145 Å². The SMILES string of the molecule is Cc1ccc(C(=O)O)c(-c2ccc(-c3ccccc3)cc2)c1C(=O)O. The van der Waals surface area contributed by atoms with Crippen molar-refractivity contribution in [2.24, 2.45) is 0 Å². The first-order chi connectivity index (χ1) is 12.0. The molecule has 0 heterocycles. The van der Waals surface area contributed by atoms with Crippen LogP contribution in [0.3, 0.4) is 0 Å². The van der Waals surface area contributed by atoms with Crippen LogP contribution in [0.2, 0.25) is 0 Å². The molecule has 0 aliphatic rings. The number of carboxylic acid groups (broad SMARTS) is 2. The van der Waals surface area contributed by atoms with Crippen LogP contribution in [-0.4, -0.2) is 22.2 Å². The molecule has 2 N–H and O–H groups in total. The minimum atomic E-state index is -1.15. The summed E-state index contributed by atoms with van der Waals surface area (Å²) in [6.45, 7) is 1.66. The highest BCUT2D eigenvalue weighted by Gasteiger charge is 2.22. The lowest BCUT2D eigenvalue weighted by atomic mass is 9.90. The molecule has 0 saturated heterocycles. The quantitative estimate of drug-likeness (QED) is 0.724. The molecule has 0 radical (unpaired) electrons. The molecule has 4 nitrogen and oxygen atoms in total. The van der Waals surface area contributed by atoms with Crippen LogP contribution >= 0.6 is 0 Å². The Morgan fingerprint density at radius 1 is 0.680 bits per heavy atom. The second-order valence-corrected chi connectivity index (χ2v) is 5.73. The fourth-order valence-corrected chi connectivity index (χ4v) is 2.92. The van der Waals surface area contributed by atoms with Crippen molar-refractivity contribution in [3.8, 4) is 22.3 Å². The van der Waals surface area contributed by atoms with E-state index in [4.69, 9.17) is 0 Å². The molecule has 3 aromatic carbocycles. The zero-order valence-electron chi connectivity index (χ0n) is 13.6. The van der Waals surface area contributed by atoms with Gasteiger partial charge in [0.2, 0.25) is 0 Å². The summed E-state index contributed by atoms with van der Waals surface area (Å²) < 4.78 is 0. The van der Waals surface area contributed by atoms with Gasteiger partial charge in [-0.25, -0.2) is 9.59 Å². The van der Waals surface area contributed by atoms with Gasteiger partial charge in [-0.3, -0.25) is 0 Å². The molecule has 25 heavy (non-hydrogen) atoms. The van der Waals surface area contributed by atoms with Gasteiger partial charge in [-0.2, -0.15) is 0 Å². The van der Waals surface area contributed by atoms with E-state index in [-0.39, 0.29) is 16.7 Å². The number of carbonyl (C=O) groups is 2. The van der Waals surface area contributed by atoms with Crippen molar-refractivity contribution >= 4 is 11.9 Å². The van der Waals surface area contributed by atoms with Crippen LogP contribution in [0.15, 0.2) is 66.7 Å². The first kappa shape index (κ1) is 16.5. The summed E-state index contributed by atoms with van der Waals surface area (Å²) in [5.74, 6) is -2.28. The van der Waals surface area contributed by atoms with Gasteiger partial charge < -0.3 is 10.2 Å². The molecular weight excluding hydrogens is 316 g/mol. The molecule has 124 valence electrons. The molecule has 0 unspecified atom stereocenters. The summed E-state index contributed by atoms with van der Waals surface area (Å²) in [6.07, 6.45) is 0. The average molecular weight is 332 g/mol. The van der Waals surface area contributed by atoms with E-state index in [9.17, 15) is 19.8 Å². The van der Waals surface area contributed by atoms with E-state index in [2.05, 4.69) is 0 Å². The lowest BCUT2D eigenvalue weighted by Gasteiger charge is -2.13. The van der Waals surface area contributed by atoms with E-state index < -0.39 is 11.9 Å². The van der Waals surface area contributed by atoms with Gasteiger partial charge in [0.05, 0.1) is 11.1 Å². The molecule has 0 saturated carbocycles. The molecule has 0 atom stereocenters. The molecule has 3 rings (SSSR count). The van der Waals surface area contributed by atoms with Crippen LogP contribution in [0, 0.1) is 6.92 Å². The first-order valence-corrected chi connectivity index (χ1v) is 7.75. The van der Waals surface area contributed by atoms with Crippen LogP contribution in [0.1, 0.15) is 26.3 Å². The molecule has 0 amide bonds. The van der Waals surface area contributed by atoms with Gasteiger partial charge in [0.25, 0.3) is 0 Å². The number of aryl methyl sites for hydroxylation is 1. The van der Waals surface area contributed by atoms with Crippen molar-refractivity contribution in [2.75, 3.05) is 0 Å². The van der Waals surface area contributed by atoms with E-state index in [0.717, 1.165) is 11.1 Å². The maximum Gasteiger partial charge on any atom is 0.336 e. The minimum Gasteiger partial charge on any atom is -0.478 e. The van der Waals surface area contributed by atoms with E-state index in [1.54, 1.807) is 19.1 Å². The number of hydrogen-bond donors (Lipinski definition) is 2. The molecular formula is C21H16O4. The standard InChI is InChI=1S/C21H16O4/c1-13-7-12-17(20(22)23)19(18(13)21(24)25)16-10-8-15(9-11-16)14-5-3-2-4-6-14/h2-12H,1H3,(H,22,23)(H,24,25). The van der Waals surface area contributed by atoms with Crippen molar-refractivity contribution in [2.45, 2.75) is 6.92 Å². The van der Waals surface area contributed by atoms with Crippen molar-refractivity contribution in [3.63, 3.8) is 0 Å². The van der Waals surface area contributed by atoms with Gasteiger partial charge in [-0.15, -0.1) is 0 Å². The molecule has 0 fully saturated rings. The van der Waals surface area contributed by atoms with Crippen LogP contribution in [0.4, 0.5) is 0 Å². The van der Waals surface area contributed by atoms with E-state index in [1.165, 1.54) is 12.1 Å². The minimum absolute atomic E-state index is 0.0181. The normalized spacial score (nSPS) is 10.4. The molecule has 4 heteroatoms.